The first-order chi connectivity index (χ1) is 8.01. The second-order valence-corrected chi connectivity index (χ2v) is 6.38. The van der Waals surface area contributed by atoms with Crippen LogP contribution in [0.1, 0.15) is 19.8 Å². The number of halogens is 1. The molecule has 1 heterocycles. The highest BCUT2D eigenvalue weighted by atomic mass is 35.5. The van der Waals surface area contributed by atoms with Crippen molar-refractivity contribution in [3.8, 4) is 0 Å². The molecule has 1 aromatic carbocycles. The lowest BCUT2D eigenvalue weighted by molar-refractivity contribution is -0.118. The van der Waals surface area contributed by atoms with Gasteiger partial charge in [0, 0.05) is 5.69 Å². The molecular formula is C12H15ClN2OS. The Kier molecular flexibility index (Phi) is 3.54. The molecular weight excluding hydrogens is 256 g/mol. The van der Waals surface area contributed by atoms with E-state index in [9.17, 15) is 4.79 Å². The number of hydrogen-bond acceptors (Lipinski definition) is 3. The molecule has 3 N–H and O–H groups in total. The van der Waals surface area contributed by atoms with Crippen molar-refractivity contribution in [1.82, 2.24) is 0 Å². The lowest BCUT2D eigenvalue weighted by Gasteiger charge is -2.21. The van der Waals surface area contributed by atoms with Crippen molar-refractivity contribution >= 4 is 40.6 Å². The Hall–Kier alpha value is -0.870. The number of nitrogens with one attached hydrogen (secondary N) is 1. The van der Waals surface area contributed by atoms with Crippen LogP contribution in [-0.4, -0.2) is 16.4 Å². The third kappa shape index (κ3) is 2.69. The second kappa shape index (κ2) is 4.78. The molecule has 0 aliphatic carbocycles. The molecule has 1 atom stereocenters. The van der Waals surface area contributed by atoms with Gasteiger partial charge in [0.25, 0.3) is 0 Å². The van der Waals surface area contributed by atoms with E-state index in [4.69, 9.17) is 17.3 Å². The molecule has 1 saturated heterocycles. The van der Waals surface area contributed by atoms with Crippen molar-refractivity contribution in [1.29, 1.82) is 0 Å². The van der Waals surface area contributed by atoms with Gasteiger partial charge in [0.05, 0.1) is 15.5 Å². The predicted octanol–water partition coefficient (Wildman–Crippen LogP) is 3.15. The van der Waals surface area contributed by atoms with Crippen molar-refractivity contribution in [3.05, 3.63) is 23.2 Å². The van der Waals surface area contributed by atoms with Crippen LogP contribution >= 0.6 is 23.4 Å². The predicted molar refractivity (Wildman–Crippen MR) is 74.6 cm³/mol. The van der Waals surface area contributed by atoms with E-state index in [0.717, 1.165) is 18.6 Å². The van der Waals surface area contributed by atoms with Crippen LogP contribution in [0.15, 0.2) is 18.2 Å². The van der Waals surface area contributed by atoms with E-state index in [1.165, 1.54) is 0 Å². The Bertz CT molecular complexity index is 444. The smallest absolute Gasteiger partial charge is 0.240 e. The average Bonchev–Trinajstić information content (AvgIpc) is 2.72. The summed E-state index contributed by atoms with van der Waals surface area (Å²) in [6.07, 6.45) is 2.02. The maximum absolute atomic E-state index is 12.1. The van der Waals surface area contributed by atoms with Crippen molar-refractivity contribution in [2.24, 2.45) is 0 Å². The van der Waals surface area contributed by atoms with Gasteiger partial charge in [0.2, 0.25) is 5.91 Å². The van der Waals surface area contributed by atoms with Crippen molar-refractivity contribution in [3.63, 3.8) is 0 Å². The summed E-state index contributed by atoms with van der Waals surface area (Å²) in [5.41, 5.74) is 6.84. The second-order valence-electron chi connectivity index (χ2n) is 4.37. The minimum absolute atomic E-state index is 0.0424. The van der Waals surface area contributed by atoms with Crippen molar-refractivity contribution in [2.75, 3.05) is 16.8 Å². The third-order valence-corrected chi connectivity index (χ3v) is 4.80. The number of benzene rings is 1. The molecule has 1 aromatic rings. The number of thioether (sulfide) groups is 1. The Morgan fingerprint density at radius 1 is 1.59 bits per heavy atom. The molecule has 0 saturated carbocycles. The molecule has 92 valence electrons. The van der Waals surface area contributed by atoms with E-state index >= 15 is 0 Å². The Morgan fingerprint density at radius 3 is 2.94 bits per heavy atom. The number of amides is 1. The Balaban J connectivity index is 2.10. The number of carbonyl (C=O) groups is 1. The average molecular weight is 271 g/mol. The van der Waals surface area contributed by atoms with Gasteiger partial charge in [0.1, 0.15) is 0 Å². The molecule has 0 bridgehead atoms. The highest BCUT2D eigenvalue weighted by Crippen LogP contribution is 2.38. The van der Waals surface area contributed by atoms with Gasteiger partial charge in [-0.15, -0.1) is 11.8 Å². The fourth-order valence-corrected chi connectivity index (χ4v) is 3.22. The highest BCUT2D eigenvalue weighted by molar-refractivity contribution is 8.01. The van der Waals surface area contributed by atoms with E-state index in [1.807, 2.05) is 6.92 Å². The number of carbonyl (C=O) groups excluding carboxylic acids is 1. The minimum Gasteiger partial charge on any atom is -0.398 e. The first kappa shape index (κ1) is 12.6. The highest BCUT2D eigenvalue weighted by Gasteiger charge is 2.37. The fourth-order valence-electron chi connectivity index (χ4n) is 1.83. The van der Waals surface area contributed by atoms with Gasteiger partial charge in [-0.3, -0.25) is 4.79 Å². The van der Waals surface area contributed by atoms with Gasteiger partial charge in [0.15, 0.2) is 0 Å². The van der Waals surface area contributed by atoms with E-state index < -0.39 is 0 Å². The van der Waals surface area contributed by atoms with Crippen molar-refractivity contribution in [2.45, 2.75) is 24.5 Å². The zero-order chi connectivity index (χ0) is 12.5. The number of hydrogen-bond donors (Lipinski definition) is 2. The molecule has 1 aliphatic rings. The maximum atomic E-state index is 12.1. The normalized spacial score (nSPS) is 23.6. The van der Waals surface area contributed by atoms with Gasteiger partial charge >= 0.3 is 0 Å². The lowest BCUT2D eigenvalue weighted by Crippen LogP contribution is -2.34. The van der Waals surface area contributed by atoms with E-state index in [0.29, 0.717) is 16.4 Å². The maximum Gasteiger partial charge on any atom is 0.240 e. The molecule has 0 spiro atoms. The number of rotatable bonds is 2. The van der Waals surface area contributed by atoms with Crippen molar-refractivity contribution < 1.29 is 4.79 Å². The summed E-state index contributed by atoms with van der Waals surface area (Å²) in [4.78, 5) is 12.1. The Morgan fingerprint density at radius 2 is 2.35 bits per heavy atom. The van der Waals surface area contributed by atoms with Crippen LogP contribution in [0, 0.1) is 0 Å². The number of nitrogen functional groups attached to an aromatic ring is 1. The summed E-state index contributed by atoms with van der Waals surface area (Å²) in [7, 11) is 0. The summed E-state index contributed by atoms with van der Waals surface area (Å²) in [5, 5.41) is 3.36. The number of anilines is 2. The quantitative estimate of drug-likeness (QED) is 0.812. The summed E-state index contributed by atoms with van der Waals surface area (Å²) in [6.45, 7) is 1.99. The van der Waals surface area contributed by atoms with Gasteiger partial charge in [-0.1, -0.05) is 11.6 Å². The molecule has 1 unspecified atom stereocenters. The summed E-state index contributed by atoms with van der Waals surface area (Å²) in [5.74, 6) is 1.09. The SMILES string of the molecule is CC1(C(=O)Nc2ccc(N)c(Cl)c2)CCCS1. The van der Waals surface area contributed by atoms with Crippen LogP contribution in [-0.2, 0) is 4.79 Å². The molecule has 2 rings (SSSR count). The standard InChI is InChI=1S/C12H15ClN2OS/c1-12(5-2-6-17-12)11(16)15-8-3-4-10(14)9(13)7-8/h3-4,7H,2,5-6,14H2,1H3,(H,15,16). The van der Waals surface area contributed by atoms with E-state index in [1.54, 1.807) is 30.0 Å². The largest absolute Gasteiger partial charge is 0.398 e. The summed E-state index contributed by atoms with van der Waals surface area (Å²) in [6, 6.07) is 5.14. The monoisotopic (exact) mass is 270 g/mol. The van der Waals surface area contributed by atoms with E-state index in [-0.39, 0.29) is 10.7 Å². The van der Waals surface area contributed by atoms with Crippen LogP contribution in [0.5, 0.6) is 0 Å². The van der Waals surface area contributed by atoms with Gasteiger partial charge in [-0.25, -0.2) is 0 Å². The van der Waals surface area contributed by atoms with Crippen LogP contribution in [0.25, 0.3) is 0 Å². The topological polar surface area (TPSA) is 55.1 Å². The fraction of sp³-hybridized carbons (Fsp3) is 0.417. The molecule has 0 aromatic heterocycles. The lowest BCUT2D eigenvalue weighted by atomic mass is 10.0. The molecule has 0 radical (unpaired) electrons. The zero-order valence-corrected chi connectivity index (χ0v) is 11.2. The summed E-state index contributed by atoms with van der Waals surface area (Å²) < 4.78 is -0.312. The minimum atomic E-state index is -0.312. The molecule has 3 nitrogen and oxygen atoms in total. The van der Waals surface area contributed by atoms with E-state index in [2.05, 4.69) is 5.32 Å². The van der Waals surface area contributed by atoms with Gasteiger partial charge < -0.3 is 11.1 Å². The van der Waals surface area contributed by atoms with Crippen LogP contribution in [0.3, 0.4) is 0 Å². The first-order valence-corrected chi connectivity index (χ1v) is 6.88. The first-order valence-electron chi connectivity index (χ1n) is 5.52. The van der Waals surface area contributed by atoms with Gasteiger partial charge in [-0.2, -0.15) is 0 Å². The third-order valence-electron chi connectivity index (χ3n) is 2.96. The molecule has 1 amide bonds. The molecule has 17 heavy (non-hydrogen) atoms. The van der Waals surface area contributed by atoms with Crippen LogP contribution < -0.4 is 11.1 Å². The molecule has 1 fully saturated rings. The summed E-state index contributed by atoms with van der Waals surface area (Å²) >= 11 is 7.62. The molecule has 1 aliphatic heterocycles. The number of nitrogens with two attached hydrogens (primary N) is 1. The van der Waals surface area contributed by atoms with Gasteiger partial charge in [-0.05, 0) is 43.7 Å². The zero-order valence-electron chi connectivity index (χ0n) is 9.63. The Labute approximate surface area is 110 Å². The van der Waals surface area contributed by atoms with Crippen LogP contribution in [0.2, 0.25) is 5.02 Å². The molecule has 5 heteroatoms. The van der Waals surface area contributed by atoms with Crippen LogP contribution in [0.4, 0.5) is 11.4 Å².